The van der Waals surface area contributed by atoms with Gasteiger partial charge in [0.25, 0.3) is 11.8 Å². The molecule has 128 valence electrons. The Morgan fingerprint density at radius 2 is 1.72 bits per heavy atom. The summed E-state index contributed by atoms with van der Waals surface area (Å²) >= 11 is 12.0. The predicted molar refractivity (Wildman–Crippen MR) is 93.4 cm³/mol. The molecule has 0 saturated carbocycles. The Kier molecular flexibility index (Phi) is 4.65. The SMILES string of the molecule is COc1ccc(Cl)cc1N1C(=O)C(Cl)=C(Nc2ccc(F)cc2)C1=O. The zero-order valence-corrected chi connectivity index (χ0v) is 14.4. The van der Waals surface area contributed by atoms with Gasteiger partial charge in [0.05, 0.1) is 12.8 Å². The van der Waals surface area contributed by atoms with Crippen LogP contribution in [-0.2, 0) is 9.59 Å². The average Bonchev–Trinajstić information content (AvgIpc) is 2.80. The van der Waals surface area contributed by atoms with Crippen molar-refractivity contribution in [2.45, 2.75) is 0 Å². The summed E-state index contributed by atoms with van der Waals surface area (Å²) in [5.41, 5.74) is 0.481. The molecule has 2 aromatic carbocycles. The number of carbonyl (C=O) groups is 2. The van der Waals surface area contributed by atoms with E-state index in [0.29, 0.717) is 16.5 Å². The molecule has 0 aromatic heterocycles. The number of hydrogen-bond acceptors (Lipinski definition) is 4. The minimum absolute atomic E-state index is 0.111. The van der Waals surface area contributed by atoms with Crippen LogP contribution in [0.15, 0.2) is 53.2 Å². The van der Waals surface area contributed by atoms with E-state index in [0.717, 1.165) is 4.90 Å². The van der Waals surface area contributed by atoms with E-state index < -0.39 is 17.6 Å². The van der Waals surface area contributed by atoms with Crippen LogP contribution in [0.25, 0.3) is 0 Å². The molecular weight excluding hydrogens is 370 g/mol. The molecule has 0 radical (unpaired) electrons. The topological polar surface area (TPSA) is 58.6 Å². The van der Waals surface area contributed by atoms with Crippen LogP contribution >= 0.6 is 23.2 Å². The lowest BCUT2D eigenvalue weighted by Crippen LogP contribution is -2.32. The van der Waals surface area contributed by atoms with Gasteiger partial charge in [0.1, 0.15) is 22.3 Å². The van der Waals surface area contributed by atoms with Crippen molar-refractivity contribution in [2.75, 3.05) is 17.3 Å². The molecular formula is C17H11Cl2FN2O3. The maximum Gasteiger partial charge on any atom is 0.283 e. The van der Waals surface area contributed by atoms with Gasteiger partial charge in [0.2, 0.25) is 0 Å². The maximum atomic E-state index is 13.0. The summed E-state index contributed by atoms with van der Waals surface area (Å²) in [4.78, 5) is 26.0. The molecule has 1 heterocycles. The molecule has 0 spiro atoms. The number of nitrogens with one attached hydrogen (secondary N) is 1. The number of halogens is 3. The lowest BCUT2D eigenvalue weighted by Gasteiger charge is -2.18. The Morgan fingerprint density at radius 1 is 1.04 bits per heavy atom. The fourth-order valence-corrected chi connectivity index (χ4v) is 2.72. The molecule has 0 saturated heterocycles. The van der Waals surface area contributed by atoms with Gasteiger partial charge in [-0.3, -0.25) is 9.59 Å². The fourth-order valence-electron chi connectivity index (χ4n) is 2.35. The molecule has 8 heteroatoms. The van der Waals surface area contributed by atoms with Gasteiger partial charge < -0.3 is 10.1 Å². The van der Waals surface area contributed by atoms with Crippen LogP contribution in [0.4, 0.5) is 15.8 Å². The molecule has 25 heavy (non-hydrogen) atoms. The van der Waals surface area contributed by atoms with E-state index in [1.54, 1.807) is 6.07 Å². The number of ether oxygens (including phenoxy) is 1. The highest BCUT2D eigenvalue weighted by Gasteiger charge is 2.40. The van der Waals surface area contributed by atoms with Crippen molar-refractivity contribution in [1.82, 2.24) is 0 Å². The first kappa shape index (κ1) is 17.3. The Labute approximate surface area is 152 Å². The largest absolute Gasteiger partial charge is 0.495 e. The molecule has 5 nitrogen and oxygen atoms in total. The first-order chi connectivity index (χ1) is 11.9. The van der Waals surface area contributed by atoms with Gasteiger partial charge >= 0.3 is 0 Å². The molecule has 1 N–H and O–H groups in total. The number of benzene rings is 2. The third-order valence-corrected chi connectivity index (χ3v) is 4.11. The van der Waals surface area contributed by atoms with Crippen LogP contribution in [0.1, 0.15) is 0 Å². The second kappa shape index (κ2) is 6.74. The number of imide groups is 1. The molecule has 1 aliphatic rings. The van der Waals surface area contributed by atoms with Gasteiger partial charge in [-0.2, -0.15) is 0 Å². The second-order valence-corrected chi connectivity index (χ2v) is 5.90. The summed E-state index contributed by atoms with van der Waals surface area (Å²) in [6, 6.07) is 9.83. The summed E-state index contributed by atoms with van der Waals surface area (Å²) in [6.07, 6.45) is 0. The number of rotatable bonds is 4. The Hall–Kier alpha value is -2.57. The standard InChI is InChI=1S/C17H11Cl2FN2O3/c1-25-13-7-2-9(18)8-12(13)22-16(23)14(19)15(17(22)24)21-11-5-3-10(20)4-6-11/h2-8,21H,1H3. The van der Waals surface area contributed by atoms with E-state index in [1.165, 1.54) is 43.5 Å². The number of nitrogens with zero attached hydrogens (tertiary/aromatic N) is 1. The highest BCUT2D eigenvalue weighted by molar-refractivity contribution is 6.53. The molecule has 1 aliphatic heterocycles. The number of amides is 2. The van der Waals surface area contributed by atoms with Crippen LogP contribution in [0, 0.1) is 5.82 Å². The zero-order valence-electron chi connectivity index (χ0n) is 12.8. The zero-order chi connectivity index (χ0) is 18.1. The van der Waals surface area contributed by atoms with Crippen LogP contribution in [0.5, 0.6) is 5.75 Å². The van der Waals surface area contributed by atoms with Gasteiger partial charge in [0.15, 0.2) is 0 Å². The minimum Gasteiger partial charge on any atom is -0.495 e. The highest BCUT2D eigenvalue weighted by Crippen LogP contribution is 2.37. The van der Waals surface area contributed by atoms with Gasteiger partial charge in [-0.25, -0.2) is 9.29 Å². The first-order valence-electron chi connectivity index (χ1n) is 7.07. The summed E-state index contributed by atoms with van der Waals surface area (Å²) in [6.45, 7) is 0. The van der Waals surface area contributed by atoms with Crippen molar-refractivity contribution in [3.05, 3.63) is 64.0 Å². The van der Waals surface area contributed by atoms with Crippen molar-refractivity contribution >= 4 is 46.4 Å². The van der Waals surface area contributed by atoms with Gasteiger partial charge in [0, 0.05) is 10.7 Å². The predicted octanol–water partition coefficient (Wildman–Crippen LogP) is 3.92. The average molecular weight is 381 g/mol. The third-order valence-electron chi connectivity index (χ3n) is 3.52. The quantitative estimate of drug-likeness (QED) is 0.816. The van der Waals surface area contributed by atoms with E-state index >= 15 is 0 Å². The van der Waals surface area contributed by atoms with Crippen molar-refractivity contribution in [2.24, 2.45) is 0 Å². The van der Waals surface area contributed by atoms with Gasteiger partial charge in [-0.05, 0) is 42.5 Å². The lowest BCUT2D eigenvalue weighted by atomic mass is 10.2. The summed E-state index contributed by atoms with van der Waals surface area (Å²) in [5.74, 6) is -1.51. The fraction of sp³-hybridized carbons (Fsp3) is 0.0588. The molecule has 0 atom stereocenters. The Morgan fingerprint density at radius 3 is 2.36 bits per heavy atom. The lowest BCUT2D eigenvalue weighted by molar-refractivity contribution is -0.120. The molecule has 2 amide bonds. The summed E-state index contributed by atoms with van der Waals surface area (Å²) in [5, 5.41) is 2.79. The first-order valence-corrected chi connectivity index (χ1v) is 7.82. The number of anilines is 2. The van der Waals surface area contributed by atoms with E-state index in [1.807, 2.05) is 0 Å². The Balaban J connectivity index is 1.96. The van der Waals surface area contributed by atoms with Crippen LogP contribution in [0.3, 0.4) is 0 Å². The molecule has 3 rings (SSSR count). The number of hydrogen-bond donors (Lipinski definition) is 1. The normalized spacial score (nSPS) is 14.3. The van der Waals surface area contributed by atoms with E-state index in [9.17, 15) is 14.0 Å². The third kappa shape index (κ3) is 3.18. The monoisotopic (exact) mass is 380 g/mol. The van der Waals surface area contributed by atoms with Crippen LogP contribution in [-0.4, -0.2) is 18.9 Å². The van der Waals surface area contributed by atoms with Gasteiger partial charge in [-0.15, -0.1) is 0 Å². The second-order valence-electron chi connectivity index (χ2n) is 5.08. The molecule has 0 aliphatic carbocycles. The minimum atomic E-state index is -0.711. The molecule has 0 unspecified atom stereocenters. The Bertz CT molecular complexity index is 897. The van der Waals surface area contributed by atoms with Crippen LogP contribution in [0.2, 0.25) is 5.02 Å². The maximum absolute atomic E-state index is 13.0. The van der Waals surface area contributed by atoms with Gasteiger partial charge in [-0.1, -0.05) is 23.2 Å². The van der Waals surface area contributed by atoms with E-state index in [2.05, 4.69) is 5.32 Å². The molecule has 0 bridgehead atoms. The van der Waals surface area contributed by atoms with E-state index in [-0.39, 0.29) is 16.4 Å². The summed E-state index contributed by atoms with van der Waals surface area (Å²) < 4.78 is 18.2. The smallest absolute Gasteiger partial charge is 0.283 e. The number of carbonyl (C=O) groups excluding carboxylic acids is 2. The summed E-state index contributed by atoms with van der Waals surface area (Å²) in [7, 11) is 1.41. The molecule has 2 aromatic rings. The number of methoxy groups -OCH3 is 1. The van der Waals surface area contributed by atoms with Crippen molar-refractivity contribution in [3.8, 4) is 5.75 Å². The highest BCUT2D eigenvalue weighted by atomic mass is 35.5. The van der Waals surface area contributed by atoms with Crippen molar-refractivity contribution in [3.63, 3.8) is 0 Å². The van der Waals surface area contributed by atoms with Crippen LogP contribution < -0.4 is 15.0 Å². The van der Waals surface area contributed by atoms with Crippen molar-refractivity contribution in [1.29, 1.82) is 0 Å². The molecule has 0 fully saturated rings. The van der Waals surface area contributed by atoms with E-state index in [4.69, 9.17) is 27.9 Å². The van der Waals surface area contributed by atoms with Crippen molar-refractivity contribution < 1.29 is 18.7 Å².